The molecule has 0 fully saturated rings. The van der Waals surface area contributed by atoms with Crippen molar-refractivity contribution in [3.8, 4) is 0 Å². The van der Waals surface area contributed by atoms with Gasteiger partial charge in [0.1, 0.15) is 0 Å². The number of aryl methyl sites for hydroxylation is 2. The second kappa shape index (κ2) is 8.54. The van der Waals surface area contributed by atoms with E-state index in [-0.39, 0.29) is 0 Å². The summed E-state index contributed by atoms with van der Waals surface area (Å²) < 4.78 is 0. The lowest BCUT2D eigenvalue weighted by atomic mass is 10.2. The van der Waals surface area contributed by atoms with E-state index in [9.17, 15) is 0 Å². The van der Waals surface area contributed by atoms with Gasteiger partial charge in [-0.3, -0.25) is 0 Å². The largest absolute Gasteiger partial charge is 0.316 e. The molecule has 1 atom stereocenters. The van der Waals surface area contributed by atoms with Crippen LogP contribution in [0.2, 0.25) is 0 Å². The van der Waals surface area contributed by atoms with Gasteiger partial charge in [-0.25, -0.2) is 9.97 Å². The fraction of sp³-hybridized carbons (Fsp3) is 0.733. The van der Waals surface area contributed by atoms with Crippen LogP contribution in [0.3, 0.4) is 0 Å². The predicted molar refractivity (Wildman–Crippen MR) is 84.0 cm³/mol. The number of nitrogens with zero attached hydrogens (tertiary/aromatic N) is 2. The molecular formula is C15H27N3S. The number of hydrogen-bond acceptors (Lipinski definition) is 4. The van der Waals surface area contributed by atoms with Crippen LogP contribution < -0.4 is 5.32 Å². The zero-order valence-electron chi connectivity index (χ0n) is 12.9. The SMILES string of the molecule is CCCCCNCC(C)Sc1nc(C)c(C)c(C)n1. The minimum atomic E-state index is 0.503. The van der Waals surface area contributed by atoms with Gasteiger partial charge in [-0.15, -0.1) is 0 Å². The van der Waals surface area contributed by atoms with E-state index in [1.807, 2.05) is 0 Å². The topological polar surface area (TPSA) is 37.8 Å². The van der Waals surface area contributed by atoms with E-state index in [2.05, 4.69) is 49.9 Å². The number of nitrogens with one attached hydrogen (secondary N) is 1. The van der Waals surface area contributed by atoms with Gasteiger partial charge in [0, 0.05) is 23.2 Å². The Balaban J connectivity index is 2.38. The van der Waals surface area contributed by atoms with Crippen molar-refractivity contribution < 1.29 is 0 Å². The Bertz CT molecular complexity index is 370. The van der Waals surface area contributed by atoms with Crippen molar-refractivity contribution in [1.82, 2.24) is 15.3 Å². The number of unbranched alkanes of at least 4 members (excludes halogenated alkanes) is 2. The van der Waals surface area contributed by atoms with Gasteiger partial charge in [0.2, 0.25) is 0 Å². The molecule has 0 spiro atoms. The summed E-state index contributed by atoms with van der Waals surface area (Å²) in [6.07, 6.45) is 3.86. The van der Waals surface area contributed by atoms with Gasteiger partial charge in [0.25, 0.3) is 0 Å². The Morgan fingerprint density at radius 2 is 1.74 bits per heavy atom. The normalized spacial score (nSPS) is 12.7. The molecule has 0 aliphatic carbocycles. The Labute approximate surface area is 122 Å². The number of rotatable bonds is 8. The minimum Gasteiger partial charge on any atom is -0.316 e. The fourth-order valence-electron chi connectivity index (χ4n) is 1.82. The zero-order valence-corrected chi connectivity index (χ0v) is 13.7. The summed E-state index contributed by atoms with van der Waals surface area (Å²) in [6, 6.07) is 0. The summed E-state index contributed by atoms with van der Waals surface area (Å²) >= 11 is 1.76. The lowest BCUT2D eigenvalue weighted by Gasteiger charge is -2.13. The third kappa shape index (κ3) is 5.91. The predicted octanol–water partition coefficient (Wildman–Crippen LogP) is 3.66. The van der Waals surface area contributed by atoms with Crippen molar-refractivity contribution in [2.24, 2.45) is 0 Å². The van der Waals surface area contributed by atoms with Gasteiger partial charge in [-0.05, 0) is 39.3 Å². The maximum Gasteiger partial charge on any atom is 0.188 e. The van der Waals surface area contributed by atoms with E-state index in [1.54, 1.807) is 11.8 Å². The average molecular weight is 281 g/mol. The molecule has 0 aromatic carbocycles. The van der Waals surface area contributed by atoms with Crippen molar-refractivity contribution in [3.63, 3.8) is 0 Å². The standard InChI is InChI=1S/C15H27N3S/c1-6-7-8-9-16-10-11(2)19-15-17-13(4)12(3)14(5)18-15/h11,16H,6-10H2,1-5H3. The van der Waals surface area contributed by atoms with Gasteiger partial charge in [0.15, 0.2) is 5.16 Å². The summed E-state index contributed by atoms with van der Waals surface area (Å²) in [6.45, 7) is 12.8. The number of aromatic nitrogens is 2. The van der Waals surface area contributed by atoms with Crippen molar-refractivity contribution in [3.05, 3.63) is 17.0 Å². The zero-order chi connectivity index (χ0) is 14.3. The molecule has 0 bridgehead atoms. The van der Waals surface area contributed by atoms with Crippen LogP contribution in [0.15, 0.2) is 5.16 Å². The summed E-state index contributed by atoms with van der Waals surface area (Å²) in [7, 11) is 0. The smallest absolute Gasteiger partial charge is 0.188 e. The van der Waals surface area contributed by atoms with Crippen molar-refractivity contribution in [2.75, 3.05) is 13.1 Å². The van der Waals surface area contributed by atoms with E-state index in [1.165, 1.54) is 24.8 Å². The van der Waals surface area contributed by atoms with Crippen molar-refractivity contribution in [1.29, 1.82) is 0 Å². The summed E-state index contributed by atoms with van der Waals surface area (Å²) in [5.41, 5.74) is 3.39. The molecule has 0 aliphatic heterocycles. The van der Waals surface area contributed by atoms with E-state index in [0.717, 1.165) is 29.6 Å². The highest BCUT2D eigenvalue weighted by Gasteiger charge is 2.09. The Morgan fingerprint density at radius 1 is 1.11 bits per heavy atom. The maximum absolute atomic E-state index is 4.56. The quantitative estimate of drug-likeness (QED) is 0.448. The Morgan fingerprint density at radius 3 is 2.32 bits per heavy atom. The van der Waals surface area contributed by atoms with Gasteiger partial charge >= 0.3 is 0 Å². The van der Waals surface area contributed by atoms with Gasteiger partial charge < -0.3 is 5.32 Å². The molecule has 19 heavy (non-hydrogen) atoms. The van der Waals surface area contributed by atoms with Crippen LogP contribution >= 0.6 is 11.8 Å². The van der Waals surface area contributed by atoms with Crippen LogP contribution in [-0.4, -0.2) is 28.3 Å². The van der Waals surface area contributed by atoms with Crippen LogP contribution in [-0.2, 0) is 0 Å². The van der Waals surface area contributed by atoms with Crippen LogP contribution in [0.5, 0.6) is 0 Å². The monoisotopic (exact) mass is 281 g/mol. The lowest BCUT2D eigenvalue weighted by Crippen LogP contribution is -2.24. The second-order valence-corrected chi connectivity index (χ2v) is 6.55. The van der Waals surface area contributed by atoms with E-state index < -0.39 is 0 Å². The van der Waals surface area contributed by atoms with Crippen LogP contribution in [0, 0.1) is 20.8 Å². The van der Waals surface area contributed by atoms with E-state index in [0.29, 0.717) is 5.25 Å². The van der Waals surface area contributed by atoms with Crippen molar-refractivity contribution in [2.45, 2.75) is 64.3 Å². The highest BCUT2D eigenvalue weighted by molar-refractivity contribution is 7.99. The van der Waals surface area contributed by atoms with Gasteiger partial charge in [0.05, 0.1) is 0 Å². The molecular weight excluding hydrogens is 254 g/mol. The molecule has 0 amide bonds. The fourth-order valence-corrected chi connectivity index (χ4v) is 2.76. The van der Waals surface area contributed by atoms with E-state index in [4.69, 9.17) is 0 Å². The highest BCUT2D eigenvalue weighted by atomic mass is 32.2. The molecule has 1 aromatic heterocycles. The molecule has 1 unspecified atom stereocenters. The molecule has 0 aliphatic rings. The average Bonchev–Trinajstić information content (AvgIpc) is 2.35. The Hall–Kier alpha value is -0.610. The molecule has 0 radical (unpaired) electrons. The first-order valence-electron chi connectivity index (χ1n) is 7.23. The Kier molecular flexibility index (Phi) is 7.39. The molecule has 108 valence electrons. The third-order valence-electron chi connectivity index (χ3n) is 3.31. The first-order valence-corrected chi connectivity index (χ1v) is 8.11. The molecule has 0 saturated carbocycles. The van der Waals surface area contributed by atoms with Gasteiger partial charge in [-0.1, -0.05) is 38.5 Å². The molecule has 4 heteroatoms. The van der Waals surface area contributed by atoms with Gasteiger partial charge in [-0.2, -0.15) is 0 Å². The molecule has 1 heterocycles. The van der Waals surface area contributed by atoms with Crippen LogP contribution in [0.1, 0.15) is 50.1 Å². The van der Waals surface area contributed by atoms with Crippen LogP contribution in [0.4, 0.5) is 0 Å². The first-order chi connectivity index (χ1) is 9.04. The number of hydrogen-bond donors (Lipinski definition) is 1. The number of thioether (sulfide) groups is 1. The first kappa shape index (κ1) is 16.4. The molecule has 1 rings (SSSR count). The lowest BCUT2D eigenvalue weighted by molar-refractivity contribution is 0.615. The van der Waals surface area contributed by atoms with Crippen molar-refractivity contribution >= 4 is 11.8 Å². The van der Waals surface area contributed by atoms with Crippen LogP contribution in [0.25, 0.3) is 0 Å². The molecule has 3 nitrogen and oxygen atoms in total. The van der Waals surface area contributed by atoms with E-state index >= 15 is 0 Å². The highest BCUT2D eigenvalue weighted by Crippen LogP contribution is 2.21. The summed E-state index contributed by atoms with van der Waals surface area (Å²) in [5, 5.41) is 4.91. The summed E-state index contributed by atoms with van der Waals surface area (Å²) in [4.78, 5) is 9.11. The third-order valence-corrected chi connectivity index (χ3v) is 4.27. The minimum absolute atomic E-state index is 0.503. The summed E-state index contributed by atoms with van der Waals surface area (Å²) in [5.74, 6) is 0. The molecule has 1 N–H and O–H groups in total. The molecule has 0 saturated heterocycles. The second-order valence-electron chi connectivity index (χ2n) is 5.14. The molecule has 1 aromatic rings. The maximum atomic E-state index is 4.56.